The van der Waals surface area contributed by atoms with Gasteiger partial charge in [0.2, 0.25) is 0 Å². The lowest BCUT2D eigenvalue weighted by atomic mass is 9.83. The standard InChI is InChI=1S/C28H27F3O2/c1-18(2)15-25(27(32)33)24-17-23(21-7-5-4-6-8-21)16-22(26(24)28(29,30)31)14-13-20-11-9-19(3)10-12-20/h4-14,16-18,25H,15H2,1-3H3,(H,32,33). The Morgan fingerprint density at radius 3 is 2.12 bits per heavy atom. The second-order valence-corrected chi connectivity index (χ2v) is 8.66. The Hall–Kier alpha value is -3.34. The largest absolute Gasteiger partial charge is 0.481 e. The quantitative estimate of drug-likeness (QED) is 0.368. The van der Waals surface area contributed by atoms with Crippen molar-refractivity contribution in [2.75, 3.05) is 0 Å². The SMILES string of the molecule is Cc1ccc(C=Cc2cc(-c3ccccc3)cc(C(CC(C)C)C(=O)O)c2C(F)(F)F)cc1. The summed E-state index contributed by atoms with van der Waals surface area (Å²) in [6, 6.07) is 19.4. The Kier molecular flexibility index (Phi) is 7.42. The first kappa shape index (κ1) is 24.3. The van der Waals surface area contributed by atoms with E-state index in [1.807, 2.05) is 51.1 Å². The Labute approximate surface area is 192 Å². The van der Waals surface area contributed by atoms with Crippen LogP contribution in [0.15, 0.2) is 66.7 Å². The fraction of sp³-hybridized carbons (Fsp3) is 0.250. The molecule has 0 radical (unpaired) electrons. The number of carboxylic acids is 1. The van der Waals surface area contributed by atoms with Crippen molar-refractivity contribution >= 4 is 18.1 Å². The zero-order valence-electron chi connectivity index (χ0n) is 18.9. The lowest BCUT2D eigenvalue weighted by Crippen LogP contribution is -2.20. The maximum atomic E-state index is 14.4. The predicted molar refractivity (Wildman–Crippen MR) is 127 cm³/mol. The molecule has 1 unspecified atom stereocenters. The van der Waals surface area contributed by atoms with Gasteiger partial charge in [-0.3, -0.25) is 4.79 Å². The summed E-state index contributed by atoms with van der Waals surface area (Å²) in [5, 5.41) is 9.87. The van der Waals surface area contributed by atoms with Gasteiger partial charge in [-0.15, -0.1) is 0 Å². The van der Waals surface area contributed by atoms with Crippen molar-refractivity contribution in [3.05, 3.63) is 94.5 Å². The average Bonchev–Trinajstić information content (AvgIpc) is 2.76. The van der Waals surface area contributed by atoms with Crippen molar-refractivity contribution in [2.45, 2.75) is 39.3 Å². The molecule has 0 heterocycles. The Balaban J connectivity index is 2.28. The number of aliphatic carboxylic acids is 1. The van der Waals surface area contributed by atoms with Gasteiger partial charge in [0.15, 0.2) is 0 Å². The topological polar surface area (TPSA) is 37.3 Å². The van der Waals surface area contributed by atoms with Gasteiger partial charge in [-0.1, -0.05) is 86.2 Å². The van der Waals surface area contributed by atoms with Crippen molar-refractivity contribution < 1.29 is 23.1 Å². The Bertz CT molecular complexity index is 1130. The second-order valence-electron chi connectivity index (χ2n) is 8.66. The van der Waals surface area contributed by atoms with Crippen LogP contribution in [0.25, 0.3) is 23.3 Å². The molecule has 3 aromatic rings. The number of rotatable bonds is 7. The minimum atomic E-state index is -4.71. The van der Waals surface area contributed by atoms with Crippen LogP contribution in [0.1, 0.15) is 54.0 Å². The number of alkyl halides is 3. The fourth-order valence-electron chi connectivity index (χ4n) is 3.91. The zero-order valence-corrected chi connectivity index (χ0v) is 18.9. The minimum absolute atomic E-state index is 0.0468. The summed E-state index contributed by atoms with van der Waals surface area (Å²) in [6.45, 7) is 5.55. The van der Waals surface area contributed by atoms with E-state index in [9.17, 15) is 23.1 Å². The van der Waals surface area contributed by atoms with Crippen LogP contribution in [0.3, 0.4) is 0 Å². The van der Waals surface area contributed by atoms with Crippen LogP contribution in [0, 0.1) is 12.8 Å². The van der Waals surface area contributed by atoms with Crippen LogP contribution in [0.5, 0.6) is 0 Å². The molecule has 1 N–H and O–H groups in total. The molecule has 2 nitrogen and oxygen atoms in total. The molecule has 172 valence electrons. The van der Waals surface area contributed by atoms with Gasteiger partial charge in [0.05, 0.1) is 11.5 Å². The van der Waals surface area contributed by atoms with Crippen molar-refractivity contribution in [3.8, 4) is 11.1 Å². The van der Waals surface area contributed by atoms with Gasteiger partial charge in [0.1, 0.15) is 0 Å². The molecule has 33 heavy (non-hydrogen) atoms. The maximum Gasteiger partial charge on any atom is 0.417 e. The molecule has 0 saturated heterocycles. The maximum absolute atomic E-state index is 14.4. The molecule has 0 saturated carbocycles. The molecule has 5 heteroatoms. The van der Waals surface area contributed by atoms with E-state index in [4.69, 9.17) is 0 Å². The summed E-state index contributed by atoms with van der Waals surface area (Å²) in [5.74, 6) is -2.61. The number of halogens is 3. The number of carbonyl (C=O) groups is 1. The predicted octanol–water partition coefficient (Wildman–Crippen LogP) is 8.07. The van der Waals surface area contributed by atoms with Gasteiger partial charge in [0.25, 0.3) is 0 Å². The molecule has 3 aromatic carbocycles. The summed E-state index contributed by atoms with van der Waals surface area (Å²) in [7, 11) is 0. The molecule has 0 bridgehead atoms. The summed E-state index contributed by atoms with van der Waals surface area (Å²) >= 11 is 0. The summed E-state index contributed by atoms with van der Waals surface area (Å²) < 4.78 is 43.1. The van der Waals surface area contributed by atoms with E-state index >= 15 is 0 Å². The molecule has 0 spiro atoms. The first-order valence-electron chi connectivity index (χ1n) is 10.8. The highest BCUT2D eigenvalue weighted by molar-refractivity contribution is 5.82. The second kappa shape index (κ2) is 10.1. The third-order valence-corrected chi connectivity index (χ3v) is 5.50. The van der Waals surface area contributed by atoms with Gasteiger partial charge >= 0.3 is 12.1 Å². The van der Waals surface area contributed by atoms with Gasteiger partial charge in [-0.25, -0.2) is 0 Å². The first-order valence-corrected chi connectivity index (χ1v) is 10.8. The van der Waals surface area contributed by atoms with Gasteiger partial charge < -0.3 is 5.11 Å². The monoisotopic (exact) mass is 452 g/mol. The molecule has 0 fully saturated rings. The van der Waals surface area contributed by atoms with Crippen LogP contribution < -0.4 is 0 Å². The molecule has 1 atom stereocenters. The van der Waals surface area contributed by atoms with E-state index in [2.05, 4.69) is 0 Å². The molecule has 0 aromatic heterocycles. The Morgan fingerprint density at radius 2 is 1.58 bits per heavy atom. The Morgan fingerprint density at radius 1 is 0.939 bits per heavy atom. The molecule has 0 aliphatic carbocycles. The summed E-state index contributed by atoms with van der Waals surface area (Å²) in [4.78, 5) is 12.1. The van der Waals surface area contributed by atoms with E-state index in [0.29, 0.717) is 5.56 Å². The van der Waals surface area contributed by atoms with Crippen LogP contribution >= 0.6 is 0 Å². The van der Waals surface area contributed by atoms with Gasteiger partial charge in [-0.05, 0) is 59.2 Å². The van der Waals surface area contributed by atoms with Gasteiger partial charge in [-0.2, -0.15) is 13.2 Å². The number of benzene rings is 3. The third-order valence-electron chi connectivity index (χ3n) is 5.50. The molecule has 3 rings (SSSR count). The number of carboxylic acid groups (broad SMARTS) is 1. The molecule has 0 aliphatic rings. The average molecular weight is 453 g/mol. The molecule has 0 amide bonds. The van der Waals surface area contributed by atoms with E-state index in [-0.39, 0.29) is 23.5 Å². The molecule has 0 aliphatic heterocycles. The zero-order chi connectivity index (χ0) is 24.2. The smallest absolute Gasteiger partial charge is 0.417 e. The summed E-state index contributed by atoms with van der Waals surface area (Å²) in [5.41, 5.74) is 1.96. The van der Waals surface area contributed by atoms with E-state index in [1.165, 1.54) is 18.2 Å². The lowest BCUT2D eigenvalue weighted by Gasteiger charge is -2.23. The van der Waals surface area contributed by atoms with Crippen LogP contribution in [0.2, 0.25) is 0 Å². The lowest BCUT2D eigenvalue weighted by molar-refractivity contribution is -0.142. The number of hydrogen-bond acceptors (Lipinski definition) is 1. The highest BCUT2D eigenvalue weighted by Gasteiger charge is 2.39. The summed E-state index contributed by atoms with van der Waals surface area (Å²) in [6.07, 6.45) is -1.54. The molecular weight excluding hydrogens is 425 g/mol. The fourth-order valence-corrected chi connectivity index (χ4v) is 3.91. The van der Waals surface area contributed by atoms with Crippen LogP contribution in [-0.4, -0.2) is 11.1 Å². The first-order chi connectivity index (χ1) is 15.6. The van der Waals surface area contributed by atoms with Crippen LogP contribution in [-0.2, 0) is 11.0 Å². The van der Waals surface area contributed by atoms with E-state index < -0.39 is 23.6 Å². The molecular formula is C28H27F3O2. The van der Waals surface area contributed by atoms with Crippen molar-refractivity contribution in [2.24, 2.45) is 5.92 Å². The number of hydrogen-bond donors (Lipinski definition) is 1. The minimum Gasteiger partial charge on any atom is -0.481 e. The van der Waals surface area contributed by atoms with Crippen molar-refractivity contribution in [3.63, 3.8) is 0 Å². The van der Waals surface area contributed by atoms with E-state index in [1.54, 1.807) is 30.3 Å². The van der Waals surface area contributed by atoms with Crippen molar-refractivity contribution in [1.29, 1.82) is 0 Å². The van der Waals surface area contributed by atoms with Crippen molar-refractivity contribution in [1.82, 2.24) is 0 Å². The van der Waals surface area contributed by atoms with E-state index in [0.717, 1.165) is 16.7 Å². The normalized spacial score (nSPS) is 12.9. The van der Waals surface area contributed by atoms with Gasteiger partial charge in [0, 0.05) is 0 Å². The third kappa shape index (κ3) is 6.13. The van der Waals surface area contributed by atoms with Crippen LogP contribution in [0.4, 0.5) is 13.2 Å². The highest BCUT2D eigenvalue weighted by atomic mass is 19.4. The number of aryl methyl sites for hydroxylation is 1. The highest BCUT2D eigenvalue weighted by Crippen LogP contribution is 2.42.